The summed E-state index contributed by atoms with van der Waals surface area (Å²) in [5.41, 5.74) is 3.82. The highest BCUT2D eigenvalue weighted by Gasteiger charge is 2.36. The smallest absolute Gasteiger partial charge is 0.414 e. The molecular weight excluding hydrogens is 404 g/mol. The molecular formula is C26H24N2O4. The first kappa shape index (κ1) is 20.1. The summed E-state index contributed by atoms with van der Waals surface area (Å²) in [6.45, 7) is 0.708. The Morgan fingerprint density at radius 3 is 1.34 bits per heavy atom. The lowest BCUT2D eigenvalue weighted by atomic mass is 10.0. The van der Waals surface area contributed by atoms with E-state index in [1.807, 2.05) is 60.7 Å². The third-order valence-electron chi connectivity index (χ3n) is 5.96. The standard InChI is InChI=1S/C26H24N2O4/c29-25-27(23(17-31-25)15-19-7-3-1-4-8-19)21-11-13-22(14-12-21)28-24(18-32-26(28)30)16-20-9-5-2-6-10-20/h1-14,23-24H,15-18H2. The van der Waals surface area contributed by atoms with Gasteiger partial charge in [0.15, 0.2) is 0 Å². The molecule has 6 heteroatoms. The highest BCUT2D eigenvalue weighted by Crippen LogP contribution is 2.30. The van der Waals surface area contributed by atoms with E-state index >= 15 is 0 Å². The van der Waals surface area contributed by atoms with Crippen LogP contribution < -0.4 is 9.80 Å². The van der Waals surface area contributed by atoms with Crippen LogP contribution in [0.3, 0.4) is 0 Å². The number of amides is 2. The lowest BCUT2D eigenvalue weighted by molar-refractivity contribution is 0.178. The summed E-state index contributed by atoms with van der Waals surface area (Å²) in [6.07, 6.45) is 0.736. The van der Waals surface area contributed by atoms with E-state index in [1.165, 1.54) is 0 Å². The number of carbonyl (C=O) groups is 2. The van der Waals surface area contributed by atoms with E-state index in [0.29, 0.717) is 26.1 Å². The number of carbonyl (C=O) groups excluding carboxylic acids is 2. The number of ether oxygens (including phenoxy) is 2. The molecule has 2 atom stereocenters. The molecule has 2 saturated heterocycles. The molecule has 2 aliphatic rings. The largest absolute Gasteiger partial charge is 0.447 e. The number of rotatable bonds is 6. The Kier molecular flexibility index (Phi) is 5.50. The van der Waals surface area contributed by atoms with E-state index in [0.717, 1.165) is 22.5 Å². The Balaban J connectivity index is 1.34. The van der Waals surface area contributed by atoms with Gasteiger partial charge >= 0.3 is 12.2 Å². The molecule has 2 fully saturated rings. The lowest BCUT2D eigenvalue weighted by Crippen LogP contribution is -2.36. The van der Waals surface area contributed by atoms with Crippen molar-refractivity contribution in [2.45, 2.75) is 24.9 Å². The maximum Gasteiger partial charge on any atom is 0.414 e. The van der Waals surface area contributed by atoms with Gasteiger partial charge in [0.25, 0.3) is 0 Å². The molecule has 0 saturated carbocycles. The topological polar surface area (TPSA) is 59.1 Å². The van der Waals surface area contributed by atoms with Gasteiger partial charge in [0, 0.05) is 11.4 Å². The van der Waals surface area contributed by atoms with Gasteiger partial charge in [-0.1, -0.05) is 60.7 Å². The Morgan fingerprint density at radius 1 is 0.594 bits per heavy atom. The Labute approximate surface area is 187 Å². The second kappa shape index (κ2) is 8.75. The first-order valence-corrected chi connectivity index (χ1v) is 10.8. The van der Waals surface area contributed by atoms with Crippen LogP contribution in [-0.4, -0.2) is 37.5 Å². The molecule has 0 spiro atoms. The van der Waals surface area contributed by atoms with Crippen molar-refractivity contribution in [3.63, 3.8) is 0 Å². The number of nitrogens with zero attached hydrogens (tertiary/aromatic N) is 2. The van der Waals surface area contributed by atoms with E-state index in [9.17, 15) is 9.59 Å². The molecule has 6 nitrogen and oxygen atoms in total. The molecule has 3 aromatic carbocycles. The van der Waals surface area contributed by atoms with Crippen molar-refractivity contribution in [1.82, 2.24) is 0 Å². The summed E-state index contributed by atoms with van der Waals surface area (Å²) in [6, 6.07) is 27.5. The minimum Gasteiger partial charge on any atom is -0.447 e. The van der Waals surface area contributed by atoms with Gasteiger partial charge in [0.2, 0.25) is 0 Å². The second-order valence-electron chi connectivity index (χ2n) is 8.10. The fourth-order valence-corrected chi connectivity index (χ4v) is 4.40. The Morgan fingerprint density at radius 2 is 0.969 bits per heavy atom. The van der Waals surface area contributed by atoms with Gasteiger partial charge < -0.3 is 9.47 Å². The zero-order chi connectivity index (χ0) is 21.9. The minimum absolute atomic E-state index is 0.0710. The summed E-state index contributed by atoms with van der Waals surface area (Å²) in [4.78, 5) is 28.3. The van der Waals surface area contributed by atoms with Crippen LogP contribution in [0.2, 0.25) is 0 Å². The normalized spacial score (nSPS) is 20.4. The summed E-state index contributed by atoms with van der Waals surface area (Å²) < 4.78 is 10.7. The first-order chi connectivity index (χ1) is 15.7. The van der Waals surface area contributed by atoms with Gasteiger partial charge in [0.1, 0.15) is 13.2 Å². The molecule has 3 aromatic rings. The fraction of sp³-hybridized carbons (Fsp3) is 0.231. The molecule has 2 unspecified atom stereocenters. The van der Waals surface area contributed by atoms with E-state index < -0.39 is 0 Å². The number of benzene rings is 3. The zero-order valence-electron chi connectivity index (χ0n) is 17.6. The van der Waals surface area contributed by atoms with Crippen molar-refractivity contribution in [1.29, 1.82) is 0 Å². The number of cyclic esters (lactones) is 2. The van der Waals surface area contributed by atoms with Gasteiger partial charge in [-0.3, -0.25) is 9.80 Å². The maximum atomic E-state index is 12.4. The Bertz CT molecular complexity index is 997. The third kappa shape index (κ3) is 4.04. The van der Waals surface area contributed by atoms with Crippen LogP contribution in [0, 0.1) is 0 Å². The minimum atomic E-state index is -0.346. The van der Waals surface area contributed by atoms with E-state index in [4.69, 9.17) is 9.47 Å². The van der Waals surface area contributed by atoms with Crippen LogP contribution in [-0.2, 0) is 22.3 Å². The molecule has 5 rings (SSSR count). The fourth-order valence-electron chi connectivity index (χ4n) is 4.40. The molecule has 2 amide bonds. The van der Waals surface area contributed by atoms with Crippen molar-refractivity contribution in [2.75, 3.05) is 23.0 Å². The second-order valence-corrected chi connectivity index (χ2v) is 8.10. The maximum absolute atomic E-state index is 12.4. The molecule has 0 bridgehead atoms. The highest BCUT2D eigenvalue weighted by molar-refractivity contribution is 5.93. The lowest BCUT2D eigenvalue weighted by Gasteiger charge is -2.24. The van der Waals surface area contributed by atoms with E-state index in [1.54, 1.807) is 9.80 Å². The molecule has 0 aliphatic carbocycles. The van der Waals surface area contributed by atoms with Gasteiger partial charge in [-0.25, -0.2) is 9.59 Å². The van der Waals surface area contributed by atoms with Crippen LogP contribution in [0.1, 0.15) is 11.1 Å². The van der Waals surface area contributed by atoms with Crippen molar-refractivity contribution in [2.24, 2.45) is 0 Å². The van der Waals surface area contributed by atoms with Gasteiger partial charge in [-0.15, -0.1) is 0 Å². The van der Waals surface area contributed by atoms with Gasteiger partial charge in [-0.05, 0) is 48.2 Å². The molecule has 0 radical (unpaired) electrons. The number of hydrogen-bond donors (Lipinski definition) is 0. The van der Waals surface area contributed by atoms with Crippen molar-refractivity contribution >= 4 is 23.6 Å². The van der Waals surface area contributed by atoms with Crippen LogP contribution in [0.5, 0.6) is 0 Å². The summed E-state index contributed by atoms with van der Waals surface area (Å²) >= 11 is 0. The highest BCUT2D eigenvalue weighted by atomic mass is 16.6. The van der Waals surface area contributed by atoms with Crippen molar-refractivity contribution in [3.05, 3.63) is 96.1 Å². The Hall–Kier alpha value is -3.80. The number of hydrogen-bond acceptors (Lipinski definition) is 4. The molecule has 32 heavy (non-hydrogen) atoms. The zero-order valence-corrected chi connectivity index (χ0v) is 17.6. The predicted octanol–water partition coefficient (Wildman–Crippen LogP) is 4.82. The average Bonchev–Trinajstić information content (AvgIpc) is 3.37. The average molecular weight is 428 g/mol. The summed E-state index contributed by atoms with van der Waals surface area (Å²) in [7, 11) is 0. The molecule has 0 aromatic heterocycles. The molecule has 0 N–H and O–H groups in total. The van der Waals surface area contributed by atoms with Crippen LogP contribution in [0.15, 0.2) is 84.9 Å². The van der Waals surface area contributed by atoms with Gasteiger partial charge in [0.05, 0.1) is 12.1 Å². The van der Waals surface area contributed by atoms with Gasteiger partial charge in [-0.2, -0.15) is 0 Å². The van der Waals surface area contributed by atoms with Crippen LogP contribution >= 0.6 is 0 Å². The van der Waals surface area contributed by atoms with Crippen molar-refractivity contribution in [3.8, 4) is 0 Å². The molecule has 2 heterocycles. The number of anilines is 2. The SMILES string of the molecule is O=C1OCC(Cc2ccccc2)N1c1ccc(N2C(=O)OCC2Cc2ccccc2)cc1. The molecule has 162 valence electrons. The predicted molar refractivity (Wildman–Crippen MR) is 122 cm³/mol. The summed E-state index contributed by atoms with van der Waals surface area (Å²) in [5.74, 6) is 0. The van der Waals surface area contributed by atoms with Crippen LogP contribution in [0.25, 0.3) is 0 Å². The monoisotopic (exact) mass is 428 g/mol. The van der Waals surface area contributed by atoms with E-state index in [-0.39, 0.29) is 24.3 Å². The van der Waals surface area contributed by atoms with E-state index in [2.05, 4.69) is 24.3 Å². The summed E-state index contributed by atoms with van der Waals surface area (Å²) in [5, 5.41) is 0. The molecule has 2 aliphatic heterocycles. The van der Waals surface area contributed by atoms with Crippen molar-refractivity contribution < 1.29 is 19.1 Å². The van der Waals surface area contributed by atoms with Crippen LogP contribution in [0.4, 0.5) is 21.0 Å². The quantitative estimate of drug-likeness (QED) is 0.565. The third-order valence-corrected chi connectivity index (χ3v) is 5.96. The first-order valence-electron chi connectivity index (χ1n) is 10.8.